The Bertz CT molecular complexity index is 722. The first-order chi connectivity index (χ1) is 13.0. The number of nitrogens with zero attached hydrogens (tertiary/aromatic N) is 2. The summed E-state index contributed by atoms with van der Waals surface area (Å²) in [6, 6.07) is 5.17. The molecule has 0 N–H and O–H groups in total. The molecule has 148 valence electrons. The standard InChI is InChI=1S/C20H28N2O5/c1-14-12-22(13-20(14)7-8-21(19(20)24)9-10-25-2)18(23)16-6-5-15(26-3)11-17(16)27-4/h5-6,11,14H,7-10,12-13H2,1-4H3/t14-,20-/m1/s1. The quantitative estimate of drug-likeness (QED) is 0.755. The summed E-state index contributed by atoms with van der Waals surface area (Å²) in [6.45, 7) is 4.94. The third-order valence-corrected chi connectivity index (χ3v) is 5.94. The Kier molecular flexibility index (Phi) is 5.60. The summed E-state index contributed by atoms with van der Waals surface area (Å²) in [5.74, 6) is 1.26. The molecule has 0 bridgehead atoms. The lowest BCUT2D eigenvalue weighted by atomic mass is 9.78. The summed E-state index contributed by atoms with van der Waals surface area (Å²) in [5, 5.41) is 0. The molecule has 3 rings (SSSR count). The van der Waals surface area contributed by atoms with E-state index >= 15 is 0 Å². The molecule has 0 unspecified atom stereocenters. The number of carbonyl (C=O) groups is 2. The fourth-order valence-corrected chi connectivity index (χ4v) is 4.24. The highest BCUT2D eigenvalue weighted by Crippen LogP contribution is 2.45. The van der Waals surface area contributed by atoms with Crippen LogP contribution in [0.25, 0.3) is 0 Å². The molecule has 0 aliphatic carbocycles. The fourth-order valence-electron chi connectivity index (χ4n) is 4.24. The largest absolute Gasteiger partial charge is 0.497 e. The molecule has 2 aliphatic heterocycles. The molecular weight excluding hydrogens is 348 g/mol. The smallest absolute Gasteiger partial charge is 0.257 e. The zero-order valence-corrected chi connectivity index (χ0v) is 16.5. The fraction of sp³-hybridized carbons (Fsp3) is 0.600. The van der Waals surface area contributed by atoms with Crippen LogP contribution in [0.2, 0.25) is 0 Å². The summed E-state index contributed by atoms with van der Waals surface area (Å²) >= 11 is 0. The normalized spacial score (nSPS) is 24.7. The molecule has 2 saturated heterocycles. The van der Waals surface area contributed by atoms with E-state index in [4.69, 9.17) is 14.2 Å². The van der Waals surface area contributed by atoms with Crippen molar-refractivity contribution in [3.8, 4) is 11.5 Å². The van der Waals surface area contributed by atoms with Gasteiger partial charge in [0.25, 0.3) is 5.91 Å². The minimum atomic E-state index is -0.483. The van der Waals surface area contributed by atoms with Crippen LogP contribution < -0.4 is 9.47 Å². The highest BCUT2D eigenvalue weighted by atomic mass is 16.5. The third-order valence-electron chi connectivity index (χ3n) is 5.94. The topological polar surface area (TPSA) is 68.3 Å². The molecule has 1 aromatic carbocycles. The van der Waals surface area contributed by atoms with E-state index in [1.54, 1.807) is 37.3 Å². The highest BCUT2D eigenvalue weighted by Gasteiger charge is 2.55. The van der Waals surface area contributed by atoms with Gasteiger partial charge in [-0.1, -0.05) is 6.92 Å². The molecule has 2 aliphatic rings. The number of ether oxygens (including phenoxy) is 3. The summed E-state index contributed by atoms with van der Waals surface area (Å²) in [7, 11) is 4.74. The van der Waals surface area contributed by atoms with Crippen LogP contribution in [0.5, 0.6) is 11.5 Å². The van der Waals surface area contributed by atoms with Crippen molar-refractivity contribution in [2.24, 2.45) is 11.3 Å². The van der Waals surface area contributed by atoms with Gasteiger partial charge in [0.2, 0.25) is 5.91 Å². The number of hydrogen-bond acceptors (Lipinski definition) is 5. The van der Waals surface area contributed by atoms with Crippen LogP contribution in [0.3, 0.4) is 0 Å². The van der Waals surface area contributed by atoms with Crippen molar-refractivity contribution in [1.82, 2.24) is 9.80 Å². The molecule has 27 heavy (non-hydrogen) atoms. The molecule has 1 spiro atoms. The number of methoxy groups -OCH3 is 3. The number of likely N-dealkylation sites (tertiary alicyclic amines) is 2. The van der Waals surface area contributed by atoms with Crippen LogP contribution in [-0.2, 0) is 9.53 Å². The van der Waals surface area contributed by atoms with E-state index in [0.29, 0.717) is 43.3 Å². The van der Waals surface area contributed by atoms with E-state index in [1.165, 1.54) is 7.11 Å². The maximum atomic E-state index is 13.1. The van der Waals surface area contributed by atoms with Crippen LogP contribution in [-0.4, -0.2) is 75.7 Å². The van der Waals surface area contributed by atoms with Gasteiger partial charge in [-0.05, 0) is 24.5 Å². The molecule has 0 saturated carbocycles. The summed E-state index contributed by atoms with van der Waals surface area (Å²) in [5.41, 5.74) is 0.00700. The average Bonchev–Trinajstić information content (AvgIpc) is 3.19. The van der Waals surface area contributed by atoms with Gasteiger partial charge in [-0.2, -0.15) is 0 Å². The van der Waals surface area contributed by atoms with Gasteiger partial charge >= 0.3 is 0 Å². The SMILES string of the molecule is COCCN1CC[C@]2(CN(C(=O)c3ccc(OC)cc3OC)C[C@H]2C)C1=O. The zero-order valence-electron chi connectivity index (χ0n) is 16.5. The van der Waals surface area contributed by atoms with E-state index in [1.807, 2.05) is 4.90 Å². The van der Waals surface area contributed by atoms with Crippen LogP contribution >= 0.6 is 0 Å². The molecule has 0 aromatic heterocycles. The number of hydrogen-bond donors (Lipinski definition) is 0. The van der Waals surface area contributed by atoms with Gasteiger partial charge in [-0.3, -0.25) is 9.59 Å². The predicted molar refractivity (Wildman–Crippen MR) is 100 cm³/mol. The Morgan fingerprint density at radius 3 is 2.70 bits per heavy atom. The molecule has 0 radical (unpaired) electrons. The number of benzene rings is 1. The predicted octanol–water partition coefficient (Wildman–Crippen LogP) is 1.66. The first-order valence-corrected chi connectivity index (χ1v) is 9.26. The second kappa shape index (κ2) is 7.76. The van der Waals surface area contributed by atoms with Gasteiger partial charge in [0.1, 0.15) is 11.5 Å². The van der Waals surface area contributed by atoms with E-state index in [-0.39, 0.29) is 17.7 Å². The van der Waals surface area contributed by atoms with Crippen LogP contribution in [0.15, 0.2) is 18.2 Å². The molecule has 2 heterocycles. The Morgan fingerprint density at radius 1 is 1.26 bits per heavy atom. The highest BCUT2D eigenvalue weighted by molar-refractivity contribution is 5.98. The van der Waals surface area contributed by atoms with Gasteiger partial charge in [0.15, 0.2) is 0 Å². The van der Waals surface area contributed by atoms with E-state index in [0.717, 1.165) is 13.0 Å². The first-order valence-electron chi connectivity index (χ1n) is 9.26. The molecule has 2 fully saturated rings. The van der Waals surface area contributed by atoms with Crippen LogP contribution in [0, 0.1) is 11.3 Å². The number of rotatable bonds is 6. The zero-order chi connectivity index (χ0) is 19.6. The van der Waals surface area contributed by atoms with Crippen molar-refractivity contribution < 1.29 is 23.8 Å². The van der Waals surface area contributed by atoms with E-state index < -0.39 is 5.41 Å². The van der Waals surface area contributed by atoms with Crippen LogP contribution in [0.4, 0.5) is 0 Å². The van der Waals surface area contributed by atoms with Crippen molar-refractivity contribution in [3.63, 3.8) is 0 Å². The van der Waals surface area contributed by atoms with E-state index in [2.05, 4.69) is 6.92 Å². The van der Waals surface area contributed by atoms with Gasteiger partial charge in [-0.25, -0.2) is 0 Å². The summed E-state index contributed by atoms with van der Waals surface area (Å²) < 4.78 is 15.7. The lowest BCUT2D eigenvalue weighted by molar-refractivity contribution is -0.137. The first kappa shape index (κ1) is 19.5. The lowest BCUT2D eigenvalue weighted by Gasteiger charge is -2.26. The molecule has 7 nitrogen and oxygen atoms in total. The van der Waals surface area contributed by atoms with Crippen molar-refractivity contribution in [1.29, 1.82) is 0 Å². The summed E-state index contributed by atoms with van der Waals surface area (Å²) in [4.78, 5) is 29.8. The molecule has 1 aromatic rings. The minimum absolute atomic E-state index is 0.110. The Morgan fingerprint density at radius 2 is 2.04 bits per heavy atom. The monoisotopic (exact) mass is 376 g/mol. The molecule has 2 amide bonds. The Balaban J connectivity index is 1.79. The van der Waals surface area contributed by atoms with Crippen molar-refractivity contribution >= 4 is 11.8 Å². The van der Waals surface area contributed by atoms with Crippen molar-refractivity contribution in [2.75, 3.05) is 54.1 Å². The molecule has 7 heteroatoms. The maximum absolute atomic E-state index is 13.1. The van der Waals surface area contributed by atoms with Crippen LogP contribution in [0.1, 0.15) is 23.7 Å². The molecular formula is C20H28N2O5. The van der Waals surface area contributed by atoms with E-state index in [9.17, 15) is 9.59 Å². The summed E-state index contributed by atoms with van der Waals surface area (Å²) in [6.07, 6.45) is 0.778. The van der Waals surface area contributed by atoms with Gasteiger partial charge in [-0.15, -0.1) is 0 Å². The van der Waals surface area contributed by atoms with Gasteiger partial charge < -0.3 is 24.0 Å². The van der Waals surface area contributed by atoms with Gasteiger partial charge in [0.05, 0.1) is 31.8 Å². The third kappa shape index (κ3) is 3.36. The minimum Gasteiger partial charge on any atom is -0.497 e. The maximum Gasteiger partial charge on any atom is 0.257 e. The van der Waals surface area contributed by atoms with Crippen molar-refractivity contribution in [3.05, 3.63) is 23.8 Å². The number of amides is 2. The van der Waals surface area contributed by atoms with Gasteiger partial charge in [0, 0.05) is 39.4 Å². The lowest BCUT2D eigenvalue weighted by Crippen LogP contribution is -2.41. The van der Waals surface area contributed by atoms with Crippen molar-refractivity contribution in [2.45, 2.75) is 13.3 Å². The average molecular weight is 376 g/mol. The molecule has 2 atom stereocenters. The Labute approximate surface area is 160 Å². The second-order valence-corrected chi connectivity index (χ2v) is 7.34. The Hall–Kier alpha value is -2.28. The second-order valence-electron chi connectivity index (χ2n) is 7.34. The number of carbonyl (C=O) groups excluding carboxylic acids is 2.